The van der Waals surface area contributed by atoms with Gasteiger partial charge in [0.05, 0.1) is 12.7 Å². The predicted octanol–water partition coefficient (Wildman–Crippen LogP) is 1.81. The summed E-state index contributed by atoms with van der Waals surface area (Å²) < 4.78 is 13.0. The summed E-state index contributed by atoms with van der Waals surface area (Å²) in [6.45, 7) is 0.703. The largest absolute Gasteiger partial charge is 0.373 e. The SMILES string of the molecule is CN1C(=O)C2C(=NC=[N+]2Cc2nc([C@@H]3CO[C@@H](c4ccc(Cl)cc4)C3)no2)N(C)C1=O. The van der Waals surface area contributed by atoms with Crippen LogP contribution >= 0.6 is 11.6 Å². The number of hydrogen-bond donors (Lipinski definition) is 0. The first-order valence-electron chi connectivity index (χ1n) is 9.84. The van der Waals surface area contributed by atoms with E-state index in [1.165, 1.54) is 18.3 Å². The summed E-state index contributed by atoms with van der Waals surface area (Å²) in [5.41, 5.74) is 1.06. The van der Waals surface area contributed by atoms with Gasteiger partial charge in [0.15, 0.2) is 12.4 Å². The fourth-order valence-corrected chi connectivity index (χ4v) is 4.17. The number of nitrogens with zero attached hydrogens (tertiary/aromatic N) is 6. The molecule has 0 saturated carbocycles. The molecule has 1 aromatic carbocycles. The van der Waals surface area contributed by atoms with Crippen LogP contribution in [-0.4, -0.2) is 75.4 Å². The topological polar surface area (TPSA) is 104 Å². The van der Waals surface area contributed by atoms with Gasteiger partial charge in [-0.2, -0.15) is 4.98 Å². The van der Waals surface area contributed by atoms with Crippen molar-refractivity contribution in [2.24, 2.45) is 4.99 Å². The number of urea groups is 1. The van der Waals surface area contributed by atoms with Gasteiger partial charge in [0.2, 0.25) is 0 Å². The molecule has 3 atom stereocenters. The summed E-state index contributed by atoms with van der Waals surface area (Å²) in [6.07, 6.45) is 2.22. The number of carbonyl (C=O) groups excluding carboxylic acids is 2. The van der Waals surface area contributed by atoms with Gasteiger partial charge in [-0.15, -0.1) is 0 Å². The minimum atomic E-state index is -0.688. The van der Waals surface area contributed by atoms with Crippen molar-refractivity contribution < 1.29 is 23.4 Å². The lowest BCUT2D eigenvalue weighted by molar-refractivity contribution is -0.549. The molecule has 3 aliphatic rings. The Balaban J connectivity index is 1.26. The highest BCUT2D eigenvalue weighted by Gasteiger charge is 2.50. The summed E-state index contributed by atoms with van der Waals surface area (Å²) >= 11 is 5.96. The standard InChI is InChI=1S/C20H20ClN6O4/c1-25-18-16(19(28)26(2)20(25)29)27(10-22-18)8-15-23-17(24-31-15)12-7-14(30-9-12)11-3-5-13(21)6-4-11/h3-6,10,12,14,16H,7-9H2,1-2H3/q+1/t12-,14+,16?/m0/s1. The fourth-order valence-electron chi connectivity index (χ4n) is 4.04. The Kier molecular flexibility index (Phi) is 4.82. The van der Waals surface area contributed by atoms with Gasteiger partial charge in [0, 0.05) is 25.0 Å². The zero-order chi connectivity index (χ0) is 21.7. The normalized spacial score (nSPS) is 25.7. The third-order valence-electron chi connectivity index (χ3n) is 5.80. The number of aromatic nitrogens is 2. The monoisotopic (exact) mass is 443 g/mol. The van der Waals surface area contributed by atoms with E-state index in [0.717, 1.165) is 16.9 Å². The van der Waals surface area contributed by atoms with Crippen LogP contribution in [0.2, 0.25) is 5.02 Å². The molecule has 10 nitrogen and oxygen atoms in total. The predicted molar refractivity (Wildman–Crippen MR) is 109 cm³/mol. The van der Waals surface area contributed by atoms with Gasteiger partial charge < -0.3 is 9.26 Å². The highest BCUT2D eigenvalue weighted by Crippen LogP contribution is 2.37. The van der Waals surface area contributed by atoms with Gasteiger partial charge in [-0.05, 0) is 29.1 Å². The third-order valence-corrected chi connectivity index (χ3v) is 6.05. The molecule has 1 unspecified atom stereocenters. The second-order valence-corrected chi connectivity index (χ2v) is 8.21. The maximum absolute atomic E-state index is 12.6. The molecular formula is C20H20ClN6O4+. The molecule has 0 aliphatic carbocycles. The minimum absolute atomic E-state index is 0.0127. The third kappa shape index (κ3) is 3.41. The van der Waals surface area contributed by atoms with E-state index >= 15 is 0 Å². The Hall–Kier alpha value is -3.11. The van der Waals surface area contributed by atoms with Crippen LogP contribution in [0.25, 0.3) is 0 Å². The summed E-state index contributed by atoms with van der Waals surface area (Å²) in [6, 6.07) is 6.50. The van der Waals surface area contributed by atoms with E-state index in [0.29, 0.717) is 29.2 Å². The number of carbonyl (C=O) groups is 2. The number of hydrogen-bond acceptors (Lipinski definition) is 7. The van der Waals surface area contributed by atoms with Crippen molar-refractivity contribution in [2.45, 2.75) is 31.0 Å². The number of amides is 3. The molecule has 1 aromatic heterocycles. The molecule has 4 heterocycles. The zero-order valence-electron chi connectivity index (χ0n) is 16.9. The van der Waals surface area contributed by atoms with Crippen molar-refractivity contribution in [3.8, 4) is 0 Å². The quantitative estimate of drug-likeness (QED) is 0.667. The van der Waals surface area contributed by atoms with Crippen molar-refractivity contribution in [3.05, 3.63) is 46.6 Å². The molecule has 0 bridgehead atoms. The lowest BCUT2D eigenvalue weighted by Crippen LogP contribution is -2.61. The average Bonchev–Trinajstić information content (AvgIpc) is 3.51. The van der Waals surface area contributed by atoms with Crippen LogP contribution in [0.5, 0.6) is 0 Å². The van der Waals surface area contributed by atoms with Gasteiger partial charge in [-0.3, -0.25) is 14.6 Å². The van der Waals surface area contributed by atoms with Crippen LogP contribution in [-0.2, 0) is 16.1 Å². The van der Waals surface area contributed by atoms with Gasteiger partial charge in [-0.25, -0.2) is 9.37 Å². The second kappa shape index (κ2) is 7.54. The van der Waals surface area contributed by atoms with Crippen LogP contribution in [0.15, 0.2) is 33.8 Å². The van der Waals surface area contributed by atoms with Gasteiger partial charge >= 0.3 is 6.03 Å². The molecule has 0 N–H and O–H groups in total. The Morgan fingerprint density at radius 2 is 1.97 bits per heavy atom. The number of fused-ring (bicyclic) bond motifs is 1. The van der Waals surface area contributed by atoms with Crippen LogP contribution in [0, 0.1) is 0 Å². The molecular weight excluding hydrogens is 424 g/mol. The lowest BCUT2D eigenvalue weighted by atomic mass is 10.0. The zero-order valence-corrected chi connectivity index (χ0v) is 17.7. The first-order chi connectivity index (χ1) is 14.9. The van der Waals surface area contributed by atoms with Crippen LogP contribution in [0.1, 0.15) is 35.7 Å². The number of rotatable bonds is 4. The summed E-state index contributed by atoms with van der Waals surface area (Å²) in [5.74, 6) is 1.01. The molecule has 2 saturated heterocycles. The van der Waals surface area contributed by atoms with Crippen molar-refractivity contribution in [1.29, 1.82) is 0 Å². The van der Waals surface area contributed by atoms with Crippen LogP contribution < -0.4 is 0 Å². The van der Waals surface area contributed by atoms with Crippen molar-refractivity contribution >= 4 is 35.7 Å². The fraction of sp³-hybridized carbons (Fsp3) is 0.400. The maximum Gasteiger partial charge on any atom is 0.333 e. The van der Waals surface area contributed by atoms with Crippen molar-refractivity contribution in [3.63, 3.8) is 0 Å². The van der Waals surface area contributed by atoms with E-state index in [-0.39, 0.29) is 24.5 Å². The molecule has 3 aliphatic heterocycles. The van der Waals surface area contributed by atoms with E-state index in [9.17, 15) is 9.59 Å². The van der Waals surface area contributed by atoms with Crippen molar-refractivity contribution in [1.82, 2.24) is 19.9 Å². The number of amidine groups is 1. The van der Waals surface area contributed by atoms with E-state index in [1.54, 1.807) is 11.6 Å². The molecule has 31 heavy (non-hydrogen) atoms. The Morgan fingerprint density at radius 1 is 1.19 bits per heavy atom. The first kappa shape index (κ1) is 19.8. The average molecular weight is 444 g/mol. The molecule has 3 amide bonds. The molecule has 2 aromatic rings. The first-order valence-corrected chi connectivity index (χ1v) is 10.2. The number of aliphatic imine (C=N–C) groups is 1. The molecule has 5 rings (SSSR count). The number of halogens is 1. The summed E-state index contributed by atoms with van der Waals surface area (Å²) in [7, 11) is 3.05. The van der Waals surface area contributed by atoms with E-state index in [1.807, 2.05) is 24.3 Å². The smallest absolute Gasteiger partial charge is 0.333 e. The highest BCUT2D eigenvalue weighted by molar-refractivity contribution is 6.30. The highest BCUT2D eigenvalue weighted by atomic mass is 35.5. The van der Waals surface area contributed by atoms with E-state index < -0.39 is 12.1 Å². The molecule has 160 valence electrons. The Labute approximate surface area is 182 Å². The number of likely N-dealkylation sites (N-methyl/N-ethyl adjacent to an activating group) is 2. The lowest BCUT2D eigenvalue weighted by Gasteiger charge is -2.30. The van der Waals surface area contributed by atoms with E-state index in [4.69, 9.17) is 20.9 Å². The maximum atomic E-state index is 12.6. The summed E-state index contributed by atoms with van der Waals surface area (Å²) in [5, 5.41) is 4.81. The molecule has 2 fully saturated rings. The van der Waals surface area contributed by atoms with Gasteiger partial charge in [0.1, 0.15) is 0 Å². The molecule has 11 heteroatoms. The molecule has 0 radical (unpaired) electrons. The van der Waals surface area contributed by atoms with Crippen molar-refractivity contribution in [2.75, 3.05) is 20.7 Å². The number of benzene rings is 1. The number of ether oxygens (including phenoxy) is 1. The Bertz CT molecular complexity index is 1110. The van der Waals surface area contributed by atoms with Gasteiger partial charge in [0.25, 0.3) is 30.0 Å². The summed E-state index contributed by atoms with van der Waals surface area (Å²) in [4.78, 5) is 35.9. The Morgan fingerprint density at radius 3 is 2.74 bits per heavy atom. The second-order valence-electron chi connectivity index (χ2n) is 7.77. The van der Waals surface area contributed by atoms with E-state index in [2.05, 4.69) is 15.1 Å². The molecule has 0 spiro atoms. The van der Waals surface area contributed by atoms with Crippen LogP contribution in [0.4, 0.5) is 4.79 Å². The van der Waals surface area contributed by atoms with Gasteiger partial charge in [-0.1, -0.05) is 28.9 Å². The number of imide groups is 1. The van der Waals surface area contributed by atoms with Crippen LogP contribution in [0.3, 0.4) is 0 Å². The minimum Gasteiger partial charge on any atom is -0.373 e.